The predicted octanol–water partition coefficient (Wildman–Crippen LogP) is 0.483. The lowest BCUT2D eigenvalue weighted by molar-refractivity contribution is -0.126. The number of carbonyl (C=O) groups excluding carboxylic acids is 1. The Hall–Kier alpha value is -1.22. The second-order valence-corrected chi connectivity index (χ2v) is 7.30. The fourth-order valence-corrected chi connectivity index (χ4v) is 4.32. The Labute approximate surface area is 133 Å². The van der Waals surface area contributed by atoms with Gasteiger partial charge in [0, 0.05) is 18.7 Å². The fraction of sp³-hybridized carbons (Fsp3) is 0.333. The van der Waals surface area contributed by atoms with Gasteiger partial charge < -0.3 is 11.1 Å². The molecule has 6 nitrogen and oxygen atoms in total. The molecule has 1 aromatic carbocycles. The van der Waals surface area contributed by atoms with Crippen LogP contribution < -0.4 is 11.1 Å². The van der Waals surface area contributed by atoms with Crippen molar-refractivity contribution in [2.24, 2.45) is 5.73 Å². The normalized spacial score (nSPS) is 20.1. The number of nitrogens with two attached hydrogens (primary N) is 1. The van der Waals surface area contributed by atoms with Crippen molar-refractivity contribution in [2.45, 2.75) is 17.9 Å². The van der Waals surface area contributed by atoms with Crippen molar-refractivity contribution in [1.82, 2.24) is 9.62 Å². The van der Waals surface area contributed by atoms with E-state index in [0.29, 0.717) is 5.56 Å². The molecule has 2 rings (SSSR count). The average molecular weight is 348 g/mol. The Morgan fingerprint density at radius 1 is 1.52 bits per heavy atom. The minimum absolute atomic E-state index is 0.0264. The number of halogens is 1. The molecule has 0 aliphatic carbocycles. The first-order chi connectivity index (χ1) is 9.75. The first-order valence-electron chi connectivity index (χ1n) is 6.14. The molecular formula is C12H14ClN3O3S2. The molecule has 1 unspecified atom stereocenters. The highest BCUT2D eigenvalue weighted by atomic mass is 35.5. The number of amides is 1. The maximum Gasteiger partial charge on any atom is 0.245 e. The summed E-state index contributed by atoms with van der Waals surface area (Å²) in [6.45, 7) is 2.00. The van der Waals surface area contributed by atoms with Gasteiger partial charge in [-0.2, -0.15) is 4.31 Å². The molecule has 1 amide bonds. The Morgan fingerprint density at radius 2 is 2.19 bits per heavy atom. The summed E-state index contributed by atoms with van der Waals surface area (Å²) in [6.07, 6.45) is 0. The molecule has 114 valence electrons. The van der Waals surface area contributed by atoms with E-state index in [-0.39, 0.29) is 33.9 Å². The van der Waals surface area contributed by atoms with Crippen molar-refractivity contribution in [1.29, 1.82) is 0 Å². The molecular weight excluding hydrogens is 334 g/mol. The van der Waals surface area contributed by atoms with Gasteiger partial charge in [-0.25, -0.2) is 8.42 Å². The van der Waals surface area contributed by atoms with Crippen LogP contribution >= 0.6 is 23.8 Å². The van der Waals surface area contributed by atoms with Gasteiger partial charge in [0.15, 0.2) is 0 Å². The van der Waals surface area contributed by atoms with E-state index < -0.39 is 16.1 Å². The van der Waals surface area contributed by atoms with Crippen LogP contribution in [0.3, 0.4) is 0 Å². The largest absolute Gasteiger partial charge is 0.389 e. The molecule has 1 aliphatic heterocycles. The quantitative estimate of drug-likeness (QED) is 0.776. The van der Waals surface area contributed by atoms with Crippen LogP contribution in [0.5, 0.6) is 0 Å². The lowest BCUT2D eigenvalue weighted by Gasteiger charge is -2.32. The summed E-state index contributed by atoms with van der Waals surface area (Å²) in [6, 6.07) is 3.47. The molecule has 3 N–H and O–H groups in total. The molecule has 0 radical (unpaired) electrons. The van der Waals surface area contributed by atoms with Gasteiger partial charge >= 0.3 is 0 Å². The monoisotopic (exact) mass is 347 g/mol. The van der Waals surface area contributed by atoms with Gasteiger partial charge in [0.05, 0.1) is 5.02 Å². The second-order valence-electron chi connectivity index (χ2n) is 4.59. The summed E-state index contributed by atoms with van der Waals surface area (Å²) in [7, 11) is -3.86. The Bertz CT molecular complexity index is 706. The van der Waals surface area contributed by atoms with Gasteiger partial charge in [0.2, 0.25) is 15.9 Å². The summed E-state index contributed by atoms with van der Waals surface area (Å²) in [5.74, 6) is -0.333. The molecule has 0 aromatic heterocycles. The minimum atomic E-state index is -3.86. The fourth-order valence-electron chi connectivity index (χ4n) is 2.08. The number of thiocarbonyl (C=S) groups is 1. The van der Waals surface area contributed by atoms with E-state index in [2.05, 4.69) is 5.32 Å². The van der Waals surface area contributed by atoms with Crippen molar-refractivity contribution in [3.8, 4) is 0 Å². The lowest BCUT2D eigenvalue weighted by Crippen LogP contribution is -2.55. The molecule has 1 heterocycles. The maximum atomic E-state index is 12.6. The average Bonchev–Trinajstić information content (AvgIpc) is 2.41. The number of piperazine rings is 1. The van der Waals surface area contributed by atoms with Crippen LogP contribution in [0, 0.1) is 0 Å². The van der Waals surface area contributed by atoms with E-state index in [1.165, 1.54) is 25.1 Å². The molecule has 0 saturated carbocycles. The van der Waals surface area contributed by atoms with E-state index >= 15 is 0 Å². The lowest BCUT2D eigenvalue weighted by atomic mass is 10.2. The third-order valence-electron chi connectivity index (χ3n) is 3.25. The highest BCUT2D eigenvalue weighted by Crippen LogP contribution is 2.27. The van der Waals surface area contributed by atoms with E-state index in [1.807, 2.05) is 0 Å². The molecule has 1 saturated heterocycles. The molecule has 1 fully saturated rings. The van der Waals surface area contributed by atoms with Gasteiger partial charge in [0.25, 0.3) is 0 Å². The molecule has 0 spiro atoms. The molecule has 1 atom stereocenters. The highest BCUT2D eigenvalue weighted by molar-refractivity contribution is 7.89. The van der Waals surface area contributed by atoms with Crippen molar-refractivity contribution < 1.29 is 13.2 Å². The number of nitrogens with one attached hydrogen (secondary N) is 1. The summed E-state index contributed by atoms with van der Waals surface area (Å²) in [4.78, 5) is 11.7. The van der Waals surface area contributed by atoms with Crippen LogP contribution in [0.15, 0.2) is 23.1 Å². The van der Waals surface area contributed by atoms with Crippen molar-refractivity contribution in [3.63, 3.8) is 0 Å². The zero-order chi connectivity index (χ0) is 15.8. The minimum Gasteiger partial charge on any atom is -0.389 e. The molecule has 21 heavy (non-hydrogen) atoms. The number of nitrogens with zero attached hydrogens (tertiary/aromatic N) is 1. The van der Waals surface area contributed by atoms with Gasteiger partial charge in [-0.3, -0.25) is 4.79 Å². The van der Waals surface area contributed by atoms with Gasteiger partial charge in [-0.05, 0) is 19.1 Å². The number of carbonyl (C=O) groups is 1. The molecule has 9 heteroatoms. The third-order valence-corrected chi connectivity index (χ3v) is 5.93. The zero-order valence-electron chi connectivity index (χ0n) is 11.2. The van der Waals surface area contributed by atoms with Crippen LogP contribution in [-0.2, 0) is 14.8 Å². The summed E-state index contributed by atoms with van der Waals surface area (Å²) >= 11 is 10.9. The SMILES string of the molecule is CC1C(=O)NCCN1S(=O)(=O)c1ccc(C(N)=S)cc1Cl. The van der Waals surface area contributed by atoms with Gasteiger partial charge in [-0.15, -0.1) is 0 Å². The van der Waals surface area contributed by atoms with Crippen LogP contribution in [-0.4, -0.2) is 42.8 Å². The maximum absolute atomic E-state index is 12.6. The zero-order valence-corrected chi connectivity index (χ0v) is 13.6. The molecule has 1 aliphatic rings. The van der Waals surface area contributed by atoms with Crippen LogP contribution in [0.25, 0.3) is 0 Å². The summed E-state index contributed by atoms with van der Waals surface area (Å²) in [5.41, 5.74) is 5.97. The first-order valence-corrected chi connectivity index (χ1v) is 8.36. The van der Waals surface area contributed by atoms with Crippen molar-refractivity contribution in [3.05, 3.63) is 28.8 Å². The number of benzene rings is 1. The summed E-state index contributed by atoms with van der Waals surface area (Å²) < 4.78 is 26.4. The molecule has 0 bridgehead atoms. The Balaban J connectivity index is 2.44. The first kappa shape index (κ1) is 16.2. The number of rotatable bonds is 3. The standard InChI is InChI=1S/C12H14ClN3O3S2/c1-7-12(17)15-4-5-16(7)21(18,19)10-3-2-8(11(14)20)6-9(10)13/h2-3,6-7H,4-5H2,1H3,(H2,14,20)(H,15,17). The van der Waals surface area contributed by atoms with Gasteiger partial charge in [-0.1, -0.05) is 29.9 Å². The topological polar surface area (TPSA) is 92.5 Å². The van der Waals surface area contributed by atoms with Crippen LogP contribution in [0.4, 0.5) is 0 Å². The van der Waals surface area contributed by atoms with Crippen LogP contribution in [0.1, 0.15) is 12.5 Å². The van der Waals surface area contributed by atoms with E-state index in [9.17, 15) is 13.2 Å². The summed E-state index contributed by atoms with van der Waals surface area (Å²) in [5, 5.41) is 2.64. The Kier molecular flexibility index (Phi) is 4.52. The highest BCUT2D eigenvalue weighted by Gasteiger charge is 2.36. The second kappa shape index (κ2) is 5.88. The van der Waals surface area contributed by atoms with Gasteiger partial charge in [0.1, 0.15) is 15.9 Å². The van der Waals surface area contributed by atoms with Crippen LogP contribution in [0.2, 0.25) is 5.02 Å². The number of sulfonamides is 1. The molecule has 1 aromatic rings. The predicted molar refractivity (Wildman–Crippen MR) is 83.7 cm³/mol. The number of hydrogen-bond donors (Lipinski definition) is 2. The van der Waals surface area contributed by atoms with E-state index in [4.69, 9.17) is 29.6 Å². The van der Waals surface area contributed by atoms with E-state index in [1.54, 1.807) is 0 Å². The number of hydrogen-bond acceptors (Lipinski definition) is 4. The smallest absolute Gasteiger partial charge is 0.245 e. The van der Waals surface area contributed by atoms with Crippen molar-refractivity contribution in [2.75, 3.05) is 13.1 Å². The van der Waals surface area contributed by atoms with Crippen molar-refractivity contribution >= 4 is 44.7 Å². The third kappa shape index (κ3) is 3.03. The Morgan fingerprint density at radius 3 is 2.76 bits per heavy atom. The van der Waals surface area contributed by atoms with E-state index in [0.717, 1.165) is 4.31 Å².